The third kappa shape index (κ3) is 1.22. The highest BCUT2D eigenvalue weighted by molar-refractivity contribution is 5.94. The van der Waals surface area contributed by atoms with E-state index in [-0.39, 0.29) is 11.2 Å². The summed E-state index contributed by atoms with van der Waals surface area (Å²) in [7, 11) is 1.27. The molecule has 0 fully saturated rings. The number of aromatic nitrogens is 2. The van der Waals surface area contributed by atoms with E-state index >= 15 is 0 Å². The molecule has 0 saturated carbocycles. The molecule has 0 atom stereocenters. The summed E-state index contributed by atoms with van der Waals surface area (Å²) in [6, 6.07) is 1.50. The topological polar surface area (TPSA) is 55.0 Å². The first-order chi connectivity index (χ1) is 6.72. The fraction of sp³-hybridized carbons (Fsp3) is 0.111. The van der Waals surface area contributed by atoms with Gasteiger partial charge in [-0.2, -0.15) is 0 Å². The van der Waals surface area contributed by atoms with Crippen molar-refractivity contribution in [2.45, 2.75) is 0 Å². The number of nitrogens with zero attached hydrogens (tertiary/aromatic N) is 1. The lowest BCUT2D eigenvalue weighted by Gasteiger charge is -1.92. The fourth-order valence-electron chi connectivity index (χ4n) is 1.24. The molecular weight excluding hydrogens is 187 g/mol. The average Bonchev–Trinajstić information content (AvgIpc) is 2.62. The van der Waals surface area contributed by atoms with Gasteiger partial charge in [0.05, 0.1) is 18.8 Å². The molecule has 0 amide bonds. The summed E-state index contributed by atoms with van der Waals surface area (Å²) in [5, 5.41) is 0.547. The van der Waals surface area contributed by atoms with E-state index < -0.39 is 11.8 Å². The summed E-state index contributed by atoms with van der Waals surface area (Å²) in [4.78, 5) is 17.4. The third-order valence-electron chi connectivity index (χ3n) is 1.89. The lowest BCUT2D eigenvalue weighted by molar-refractivity contribution is 0.0595. The molecule has 2 aromatic heterocycles. The van der Waals surface area contributed by atoms with Crippen molar-refractivity contribution in [2.75, 3.05) is 7.11 Å². The average molecular weight is 194 g/mol. The Morgan fingerprint density at radius 2 is 2.36 bits per heavy atom. The number of ether oxygens (including phenoxy) is 1. The van der Waals surface area contributed by atoms with Crippen molar-refractivity contribution in [1.29, 1.82) is 0 Å². The van der Waals surface area contributed by atoms with Crippen LogP contribution in [0.4, 0.5) is 4.39 Å². The van der Waals surface area contributed by atoms with Crippen molar-refractivity contribution in [3.8, 4) is 0 Å². The summed E-state index contributed by atoms with van der Waals surface area (Å²) in [6.07, 6.45) is 2.56. The van der Waals surface area contributed by atoms with Gasteiger partial charge in [-0.3, -0.25) is 4.98 Å². The number of hydrogen-bond donors (Lipinski definition) is 1. The molecule has 0 radical (unpaired) electrons. The third-order valence-corrected chi connectivity index (χ3v) is 1.89. The predicted molar refractivity (Wildman–Crippen MR) is 47.4 cm³/mol. The summed E-state index contributed by atoms with van der Waals surface area (Å²) >= 11 is 0. The molecule has 0 aromatic carbocycles. The van der Waals surface area contributed by atoms with E-state index in [9.17, 15) is 9.18 Å². The minimum absolute atomic E-state index is 0.217. The Morgan fingerprint density at radius 1 is 1.57 bits per heavy atom. The number of carbonyl (C=O) groups excluding carboxylic acids is 1. The van der Waals surface area contributed by atoms with Crippen molar-refractivity contribution >= 4 is 16.9 Å². The van der Waals surface area contributed by atoms with Crippen molar-refractivity contribution in [3.05, 3.63) is 30.0 Å². The van der Waals surface area contributed by atoms with Crippen molar-refractivity contribution in [2.24, 2.45) is 0 Å². The normalized spacial score (nSPS) is 10.4. The maximum atomic E-state index is 13.1. The van der Waals surface area contributed by atoms with Gasteiger partial charge in [0.2, 0.25) is 0 Å². The molecule has 2 rings (SSSR count). The zero-order valence-corrected chi connectivity index (χ0v) is 7.37. The number of H-pyrrole nitrogens is 1. The molecule has 2 aromatic rings. The van der Waals surface area contributed by atoms with Gasteiger partial charge < -0.3 is 9.72 Å². The van der Waals surface area contributed by atoms with Gasteiger partial charge in [0.1, 0.15) is 5.69 Å². The second-order valence-electron chi connectivity index (χ2n) is 2.76. The highest BCUT2D eigenvalue weighted by atomic mass is 19.1. The maximum absolute atomic E-state index is 13.1. The van der Waals surface area contributed by atoms with Gasteiger partial charge in [-0.15, -0.1) is 0 Å². The quantitative estimate of drug-likeness (QED) is 0.699. The predicted octanol–water partition coefficient (Wildman–Crippen LogP) is 1.49. The first-order valence-electron chi connectivity index (χ1n) is 3.93. The zero-order chi connectivity index (χ0) is 10.1. The number of hydrogen-bond acceptors (Lipinski definition) is 3. The number of carbonyl (C=O) groups is 1. The number of methoxy groups -OCH3 is 1. The number of esters is 1. The minimum Gasteiger partial charge on any atom is -0.464 e. The zero-order valence-electron chi connectivity index (χ0n) is 7.37. The SMILES string of the molecule is COC(=O)c1cc2cncc(F)c2[nH]1. The van der Waals surface area contributed by atoms with Crippen LogP contribution in [0, 0.1) is 5.82 Å². The molecule has 0 spiro atoms. The number of rotatable bonds is 1. The number of aromatic amines is 1. The molecule has 0 aliphatic carbocycles. The van der Waals surface area contributed by atoms with Gasteiger partial charge in [0, 0.05) is 11.6 Å². The molecule has 0 aliphatic heterocycles. The Labute approximate surface area is 78.7 Å². The number of nitrogens with one attached hydrogen (secondary N) is 1. The molecule has 0 unspecified atom stereocenters. The van der Waals surface area contributed by atoms with Gasteiger partial charge in [0.15, 0.2) is 5.82 Å². The van der Waals surface area contributed by atoms with E-state index in [0.717, 1.165) is 6.20 Å². The molecule has 5 heteroatoms. The van der Waals surface area contributed by atoms with E-state index in [1.165, 1.54) is 19.4 Å². The second kappa shape index (κ2) is 3.10. The number of fused-ring (bicyclic) bond motifs is 1. The lowest BCUT2D eigenvalue weighted by Crippen LogP contribution is -2.00. The van der Waals surface area contributed by atoms with Crippen LogP contribution in [-0.2, 0) is 4.74 Å². The Hall–Kier alpha value is -1.91. The number of halogens is 1. The molecule has 14 heavy (non-hydrogen) atoms. The van der Waals surface area contributed by atoms with Crippen LogP contribution in [0.15, 0.2) is 18.5 Å². The molecule has 72 valence electrons. The first kappa shape index (κ1) is 8.68. The Bertz CT molecular complexity index is 493. The fourth-order valence-corrected chi connectivity index (χ4v) is 1.24. The minimum atomic E-state index is -0.527. The molecule has 0 bridgehead atoms. The first-order valence-corrected chi connectivity index (χ1v) is 3.93. The van der Waals surface area contributed by atoms with Crippen molar-refractivity contribution in [3.63, 3.8) is 0 Å². The largest absolute Gasteiger partial charge is 0.464 e. The highest BCUT2D eigenvalue weighted by Crippen LogP contribution is 2.17. The van der Waals surface area contributed by atoms with E-state index in [0.29, 0.717) is 5.39 Å². The maximum Gasteiger partial charge on any atom is 0.354 e. The van der Waals surface area contributed by atoms with Crippen LogP contribution >= 0.6 is 0 Å². The smallest absolute Gasteiger partial charge is 0.354 e. The highest BCUT2D eigenvalue weighted by Gasteiger charge is 2.11. The Kier molecular flexibility index (Phi) is 1.92. The van der Waals surface area contributed by atoms with Gasteiger partial charge in [-0.05, 0) is 6.07 Å². The van der Waals surface area contributed by atoms with Crippen LogP contribution in [0.3, 0.4) is 0 Å². The Morgan fingerprint density at radius 3 is 3.00 bits per heavy atom. The summed E-state index contributed by atoms with van der Waals surface area (Å²) in [6.45, 7) is 0. The van der Waals surface area contributed by atoms with E-state index in [4.69, 9.17) is 0 Å². The van der Waals surface area contributed by atoms with Crippen molar-refractivity contribution in [1.82, 2.24) is 9.97 Å². The van der Waals surface area contributed by atoms with Gasteiger partial charge in [-0.25, -0.2) is 9.18 Å². The lowest BCUT2D eigenvalue weighted by atomic mass is 10.3. The summed E-state index contributed by atoms with van der Waals surface area (Å²) < 4.78 is 17.6. The van der Waals surface area contributed by atoms with Crippen molar-refractivity contribution < 1.29 is 13.9 Å². The van der Waals surface area contributed by atoms with Crippen LogP contribution < -0.4 is 0 Å². The molecular formula is C9H7FN2O2. The summed E-state index contributed by atoms with van der Waals surface area (Å²) in [5.41, 5.74) is 0.481. The molecule has 1 N–H and O–H groups in total. The van der Waals surface area contributed by atoms with Gasteiger partial charge in [-0.1, -0.05) is 0 Å². The van der Waals surface area contributed by atoms with E-state index in [1.807, 2.05) is 0 Å². The van der Waals surface area contributed by atoms with Crippen LogP contribution in [-0.4, -0.2) is 23.0 Å². The van der Waals surface area contributed by atoms with Crippen LogP contribution in [0.25, 0.3) is 10.9 Å². The second-order valence-corrected chi connectivity index (χ2v) is 2.76. The van der Waals surface area contributed by atoms with Crippen LogP contribution in [0.1, 0.15) is 10.5 Å². The van der Waals surface area contributed by atoms with E-state index in [2.05, 4.69) is 14.7 Å². The van der Waals surface area contributed by atoms with Crippen LogP contribution in [0.2, 0.25) is 0 Å². The molecule has 4 nitrogen and oxygen atoms in total. The van der Waals surface area contributed by atoms with Gasteiger partial charge >= 0.3 is 5.97 Å². The number of pyridine rings is 1. The van der Waals surface area contributed by atoms with Gasteiger partial charge in [0.25, 0.3) is 0 Å². The van der Waals surface area contributed by atoms with E-state index in [1.54, 1.807) is 0 Å². The molecule has 2 heterocycles. The molecule has 0 saturated heterocycles. The monoisotopic (exact) mass is 194 g/mol. The Balaban J connectivity index is 2.62. The molecule has 0 aliphatic rings. The standard InChI is InChI=1S/C9H7FN2O2/c1-14-9(13)7-2-5-3-11-4-6(10)8(5)12-7/h2-4,12H,1H3. The van der Waals surface area contributed by atoms with Crippen LogP contribution in [0.5, 0.6) is 0 Å². The summed E-state index contributed by atoms with van der Waals surface area (Å²) in [5.74, 6) is -1.02.